The summed E-state index contributed by atoms with van der Waals surface area (Å²) >= 11 is 0. The molecule has 0 amide bonds. The number of hydrogen-bond acceptors (Lipinski definition) is 6. The van der Waals surface area contributed by atoms with E-state index in [4.69, 9.17) is 0 Å². The molecule has 1 fully saturated rings. The van der Waals surface area contributed by atoms with Crippen LogP contribution in [0.4, 0.5) is 4.39 Å². The quantitative estimate of drug-likeness (QED) is 0.678. The lowest BCUT2D eigenvalue weighted by Gasteiger charge is -2.33. The monoisotopic (exact) mass is 417 g/mol. The molecule has 2 heterocycles. The zero-order chi connectivity index (χ0) is 20.4. The summed E-state index contributed by atoms with van der Waals surface area (Å²) in [7, 11) is -3.74. The molecule has 1 N–H and O–H groups in total. The molecule has 0 saturated carbocycles. The predicted molar refractivity (Wildman–Crippen MR) is 103 cm³/mol. The largest absolute Gasteiger partial charge is 0.491 e. The fourth-order valence-corrected chi connectivity index (χ4v) is 4.78. The van der Waals surface area contributed by atoms with Crippen LogP contribution in [0.3, 0.4) is 0 Å². The van der Waals surface area contributed by atoms with Crippen LogP contribution in [-0.2, 0) is 16.6 Å². The minimum absolute atomic E-state index is 0.0463. The maximum atomic E-state index is 13.4. The maximum absolute atomic E-state index is 13.4. The van der Waals surface area contributed by atoms with Crippen molar-refractivity contribution in [2.24, 2.45) is 0 Å². The first-order valence-electron chi connectivity index (χ1n) is 9.12. The Kier molecular flexibility index (Phi) is 5.31. The van der Waals surface area contributed by atoms with Gasteiger partial charge in [0.15, 0.2) is 0 Å². The second-order valence-corrected chi connectivity index (χ2v) is 8.68. The van der Waals surface area contributed by atoms with E-state index in [1.165, 1.54) is 22.5 Å². The van der Waals surface area contributed by atoms with Gasteiger partial charge in [0.2, 0.25) is 10.0 Å². The van der Waals surface area contributed by atoms with Crippen molar-refractivity contribution in [3.8, 4) is 11.6 Å². The Bertz CT molecular complexity index is 1100. The van der Waals surface area contributed by atoms with E-state index < -0.39 is 15.8 Å². The molecule has 1 aliphatic heterocycles. The number of benzene rings is 2. The molecule has 0 bridgehead atoms. The number of aromatic nitrogens is 3. The van der Waals surface area contributed by atoms with Gasteiger partial charge in [-0.1, -0.05) is 34.6 Å². The number of rotatable bonds is 5. The second-order valence-electron chi connectivity index (χ2n) is 6.74. The fourth-order valence-electron chi connectivity index (χ4n) is 3.32. The van der Waals surface area contributed by atoms with Crippen LogP contribution in [0.25, 0.3) is 5.69 Å². The van der Waals surface area contributed by atoms with Gasteiger partial charge >= 0.3 is 0 Å². The molecule has 0 unspecified atom stereocenters. The van der Waals surface area contributed by atoms with Crippen LogP contribution in [0.1, 0.15) is 5.69 Å². The van der Waals surface area contributed by atoms with Gasteiger partial charge in [-0.05, 0) is 30.3 Å². The molecule has 1 aliphatic rings. The van der Waals surface area contributed by atoms with Gasteiger partial charge in [0.25, 0.3) is 5.88 Å². The predicted octanol–water partition coefficient (Wildman–Crippen LogP) is 1.62. The summed E-state index contributed by atoms with van der Waals surface area (Å²) in [5.41, 5.74) is 1.32. The average molecular weight is 417 g/mol. The molecule has 10 heteroatoms. The lowest BCUT2D eigenvalue weighted by Crippen LogP contribution is -2.48. The van der Waals surface area contributed by atoms with E-state index in [9.17, 15) is 17.9 Å². The van der Waals surface area contributed by atoms with Crippen molar-refractivity contribution in [2.75, 3.05) is 26.2 Å². The number of para-hydroxylation sites is 1. The minimum atomic E-state index is -3.74. The lowest BCUT2D eigenvalue weighted by molar-refractivity contribution is 0.177. The molecular weight excluding hydrogens is 397 g/mol. The summed E-state index contributed by atoms with van der Waals surface area (Å²) in [6.45, 7) is 1.85. The van der Waals surface area contributed by atoms with E-state index >= 15 is 0 Å². The third kappa shape index (κ3) is 4.00. The third-order valence-electron chi connectivity index (χ3n) is 4.88. The first-order valence-corrected chi connectivity index (χ1v) is 10.6. The Morgan fingerprint density at radius 2 is 1.72 bits per heavy atom. The Labute approximate surface area is 167 Å². The molecular formula is C19H20FN5O3S. The molecule has 29 heavy (non-hydrogen) atoms. The van der Waals surface area contributed by atoms with Gasteiger partial charge in [-0.15, -0.1) is 0 Å². The van der Waals surface area contributed by atoms with E-state index in [1.54, 1.807) is 4.68 Å². The number of sulfonamides is 1. The van der Waals surface area contributed by atoms with Crippen molar-refractivity contribution in [2.45, 2.75) is 11.4 Å². The molecule has 0 radical (unpaired) electrons. The zero-order valence-corrected chi connectivity index (χ0v) is 16.3. The van der Waals surface area contributed by atoms with Gasteiger partial charge in [-0.2, -0.15) is 4.31 Å². The summed E-state index contributed by atoms with van der Waals surface area (Å²) in [6.07, 6.45) is 0. The summed E-state index contributed by atoms with van der Waals surface area (Å²) < 4.78 is 41.8. The van der Waals surface area contributed by atoms with Gasteiger partial charge in [0.1, 0.15) is 11.5 Å². The van der Waals surface area contributed by atoms with Crippen molar-refractivity contribution >= 4 is 10.0 Å². The van der Waals surface area contributed by atoms with Crippen LogP contribution in [0.5, 0.6) is 5.88 Å². The van der Waals surface area contributed by atoms with Gasteiger partial charge in [0.05, 0.1) is 10.6 Å². The van der Waals surface area contributed by atoms with Crippen LogP contribution >= 0.6 is 0 Å². The molecule has 0 spiro atoms. The molecule has 2 aromatic carbocycles. The molecule has 1 saturated heterocycles. The molecule has 1 aromatic heterocycles. The summed E-state index contributed by atoms with van der Waals surface area (Å²) in [6, 6.07) is 14.4. The topological polar surface area (TPSA) is 91.6 Å². The van der Waals surface area contributed by atoms with E-state index in [0.29, 0.717) is 25.3 Å². The summed E-state index contributed by atoms with van der Waals surface area (Å²) in [4.78, 5) is 1.98. The first kappa shape index (κ1) is 19.5. The average Bonchev–Trinajstić information content (AvgIpc) is 3.09. The number of nitrogens with zero attached hydrogens (tertiary/aromatic N) is 5. The van der Waals surface area contributed by atoms with Crippen LogP contribution < -0.4 is 0 Å². The van der Waals surface area contributed by atoms with Crippen molar-refractivity contribution in [1.29, 1.82) is 0 Å². The molecule has 0 atom stereocenters. The fraction of sp³-hybridized carbons (Fsp3) is 0.263. The number of piperazine rings is 1. The third-order valence-corrected chi connectivity index (χ3v) is 6.78. The Hall–Kier alpha value is -2.82. The van der Waals surface area contributed by atoms with Crippen LogP contribution in [0.2, 0.25) is 0 Å². The molecule has 4 rings (SSSR count). The Morgan fingerprint density at radius 1 is 1.00 bits per heavy atom. The van der Waals surface area contributed by atoms with Crippen molar-refractivity contribution in [1.82, 2.24) is 24.2 Å². The van der Waals surface area contributed by atoms with Gasteiger partial charge in [0, 0.05) is 32.7 Å². The Balaban J connectivity index is 1.46. The first-order chi connectivity index (χ1) is 13.9. The Morgan fingerprint density at radius 3 is 2.41 bits per heavy atom. The van der Waals surface area contributed by atoms with E-state index in [2.05, 4.69) is 10.3 Å². The normalized spacial score (nSPS) is 16.2. The molecule has 8 nitrogen and oxygen atoms in total. The summed E-state index contributed by atoms with van der Waals surface area (Å²) in [5, 5.41) is 17.9. The number of aromatic hydroxyl groups is 1. The van der Waals surface area contributed by atoms with E-state index in [-0.39, 0.29) is 23.9 Å². The minimum Gasteiger partial charge on any atom is -0.491 e. The highest BCUT2D eigenvalue weighted by atomic mass is 32.2. The van der Waals surface area contributed by atoms with Crippen molar-refractivity contribution < 1.29 is 17.9 Å². The standard InChI is InChI=1S/C19H20FN5O3S/c20-15-5-4-8-17(13-15)29(27,28)24-11-9-23(10-12-24)14-18-19(26)21-22-25(18)16-6-2-1-3-7-16/h1-8,13,26H,9-12,14H2. The van der Waals surface area contributed by atoms with Gasteiger partial charge < -0.3 is 5.11 Å². The molecule has 152 valence electrons. The van der Waals surface area contributed by atoms with E-state index in [0.717, 1.165) is 11.8 Å². The van der Waals surface area contributed by atoms with Gasteiger partial charge in [-0.25, -0.2) is 17.5 Å². The molecule has 0 aliphatic carbocycles. The van der Waals surface area contributed by atoms with Crippen LogP contribution in [-0.4, -0.2) is 63.9 Å². The zero-order valence-electron chi connectivity index (χ0n) is 15.5. The maximum Gasteiger partial charge on any atom is 0.256 e. The van der Waals surface area contributed by atoms with Crippen molar-refractivity contribution in [3.63, 3.8) is 0 Å². The number of halogens is 1. The molecule has 3 aromatic rings. The van der Waals surface area contributed by atoms with Crippen LogP contribution in [0, 0.1) is 5.82 Å². The highest BCUT2D eigenvalue weighted by Crippen LogP contribution is 2.22. The van der Waals surface area contributed by atoms with Crippen molar-refractivity contribution in [3.05, 3.63) is 66.1 Å². The second kappa shape index (κ2) is 7.90. The highest BCUT2D eigenvalue weighted by Gasteiger charge is 2.29. The van der Waals surface area contributed by atoms with E-state index in [1.807, 2.05) is 35.2 Å². The summed E-state index contributed by atoms with van der Waals surface area (Å²) in [5.74, 6) is -0.731. The number of hydrogen-bond donors (Lipinski definition) is 1. The highest BCUT2D eigenvalue weighted by molar-refractivity contribution is 7.89. The van der Waals surface area contributed by atoms with Gasteiger partial charge in [-0.3, -0.25) is 4.90 Å². The van der Waals surface area contributed by atoms with Crippen LogP contribution in [0.15, 0.2) is 59.5 Å². The smallest absolute Gasteiger partial charge is 0.256 e. The SMILES string of the molecule is O=S(=O)(c1cccc(F)c1)N1CCN(Cc2c(O)nnn2-c2ccccc2)CC1. The lowest BCUT2D eigenvalue weighted by atomic mass is 10.3.